The van der Waals surface area contributed by atoms with Gasteiger partial charge in [-0.25, -0.2) is 4.79 Å². The third-order valence-electron chi connectivity index (χ3n) is 3.95. The quantitative estimate of drug-likeness (QED) is 0.832. The molecule has 25 heavy (non-hydrogen) atoms. The number of benzene rings is 1. The molecule has 2 saturated heterocycles. The topological polar surface area (TPSA) is 78.9 Å². The van der Waals surface area contributed by atoms with Crippen molar-refractivity contribution in [3.63, 3.8) is 0 Å². The molecule has 9 heteroatoms. The number of amides is 1. The maximum absolute atomic E-state index is 12.0. The third kappa shape index (κ3) is 5.17. The van der Waals surface area contributed by atoms with E-state index in [0.717, 1.165) is 13.1 Å². The molecule has 0 saturated carbocycles. The fourth-order valence-corrected chi connectivity index (χ4v) is 2.78. The molecule has 3 rings (SSSR count). The Hall–Kier alpha value is -2.13. The van der Waals surface area contributed by atoms with Crippen molar-refractivity contribution in [3.8, 4) is 0 Å². The molecule has 138 valence electrons. The van der Waals surface area contributed by atoms with E-state index in [4.69, 9.17) is 14.6 Å². The van der Waals surface area contributed by atoms with E-state index in [9.17, 15) is 18.0 Å². The fraction of sp³-hybridized carbons (Fsp3) is 0.500. The van der Waals surface area contributed by atoms with Crippen LogP contribution in [0.2, 0.25) is 0 Å². The average molecular weight is 360 g/mol. The number of carboxylic acid groups (broad SMARTS) is 1. The van der Waals surface area contributed by atoms with Gasteiger partial charge in [-0.1, -0.05) is 29.8 Å². The minimum absolute atomic E-state index is 0.0986. The first kappa shape index (κ1) is 19.2. The first-order valence-corrected chi connectivity index (χ1v) is 7.66. The lowest BCUT2D eigenvalue weighted by molar-refractivity contribution is -0.192. The van der Waals surface area contributed by atoms with E-state index in [0.29, 0.717) is 6.54 Å². The number of fused-ring (bicyclic) bond motifs is 1. The number of rotatable bonds is 2. The van der Waals surface area contributed by atoms with Crippen LogP contribution in [0.15, 0.2) is 24.3 Å². The molecule has 6 nitrogen and oxygen atoms in total. The van der Waals surface area contributed by atoms with Crippen LogP contribution in [0, 0.1) is 6.92 Å². The summed E-state index contributed by atoms with van der Waals surface area (Å²) in [5.74, 6) is -2.66. The Morgan fingerprint density at radius 3 is 2.68 bits per heavy atom. The molecule has 2 fully saturated rings. The SMILES string of the molecule is Cc1cccc(CN2C(=O)CO[C@@H]3CNC[C@H]32)c1.O=C(O)C(F)(F)F. The minimum Gasteiger partial charge on any atom is -0.475 e. The standard InChI is InChI=1S/C14H18N2O2.C2HF3O2/c1-10-3-2-4-11(5-10)8-16-12-6-15-7-13(12)18-9-14(16)17;3-2(4,5)1(6)7/h2-5,12-13,15H,6-9H2,1H3;(H,6,7)/t12-,13-;/m1./s1. The molecule has 2 aliphatic heterocycles. The number of ether oxygens (including phenoxy) is 1. The van der Waals surface area contributed by atoms with Crippen molar-refractivity contribution in [2.45, 2.75) is 31.8 Å². The van der Waals surface area contributed by atoms with E-state index in [-0.39, 0.29) is 24.7 Å². The van der Waals surface area contributed by atoms with Crippen molar-refractivity contribution in [3.05, 3.63) is 35.4 Å². The van der Waals surface area contributed by atoms with Crippen LogP contribution in [0.3, 0.4) is 0 Å². The van der Waals surface area contributed by atoms with Crippen LogP contribution < -0.4 is 5.32 Å². The van der Waals surface area contributed by atoms with Crippen LogP contribution >= 0.6 is 0 Å². The monoisotopic (exact) mass is 360 g/mol. The Balaban J connectivity index is 0.000000277. The number of hydrogen-bond acceptors (Lipinski definition) is 4. The Morgan fingerprint density at radius 1 is 1.40 bits per heavy atom. The van der Waals surface area contributed by atoms with Crippen molar-refractivity contribution >= 4 is 11.9 Å². The summed E-state index contributed by atoms with van der Waals surface area (Å²) in [6.45, 7) is 4.66. The largest absolute Gasteiger partial charge is 0.490 e. The molecule has 2 N–H and O–H groups in total. The predicted octanol–water partition coefficient (Wildman–Crippen LogP) is 1.33. The first-order chi connectivity index (χ1) is 11.7. The fourth-order valence-electron chi connectivity index (χ4n) is 2.78. The molecular weight excluding hydrogens is 341 g/mol. The second-order valence-electron chi connectivity index (χ2n) is 5.89. The van der Waals surface area contributed by atoms with Crippen molar-refractivity contribution in [2.75, 3.05) is 19.7 Å². The van der Waals surface area contributed by atoms with Gasteiger partial charge in [0.2, 0.25) is 5.91 Å². The van der Waals surface area contributed by atoms with E-state index >= 15 is 0 Å². The molecule has 0 spiro atoms. The van der Waals surface area contributed by atoms with Crippen molar-refractivity contribution in [2.24, 2.45) is 0 Å². The van der Waals surface area contributed by atoms with Crippen LogP contribution in [0.1, 0.15) is 11.1 Å². The zero-order valence-corrected chi connectivity index (χ0v) is 13.5. The summed E-state index contributed by atoms with van der Waals surface area (Å²) in [6.07, 6.45) is -4.92. The van der Waals surface area contributed by atoms with E-state index < -0.39 is 12.1 Å². The highest BCUT2D eigenvalue weighted by Gasteiger charge is 2.39. The van der Waals surface area contributed by atoms with Gasteiger partial charge in [0.25, 0.3) is 0 Å². The Morgan fingerprint density at radius 2 is 2.08 bits per heavy atom. The zero-order chi connectivity index (χ0) is 18.6. The van der Waals surface area contributed by atoms with Gasteiger partial charge in [-0.2, -0.15) is 13.2 Å². The summed E-state index contributed by atoms with van der Waals surface area (Å²) in [5.41, 5.74) is 2.42. The van der Waals surface area contributed by atoms with E-state index in [1.807, 2.05) is 11.0 Å². The predicted molar refractivity (Wildman–Crippen MR) is 81.8 cm³/mol. The number of carbonyl (C=O) groups is 2. The number of aryl methyl sites for hydroxylation is 1. The smallest absolute Gasteiger partial charge is 0.475 e. The normalized spacial score (nSPS) is 22.9. The number of nitrogens with one attached hydrogen (secondary N) is 1. The average Bonchev–Trinajstić information content (AvgIpc) is 2.99. The number of carboxylic acids is 1. The van der Waals surface area contributed by atoms with Gasteiger partial charge in [0.1, 0.15) is 6.61 Å². The molecule has 0 unspecified atom stereocenters. The number of nitrogens with zero attached hydrogens (tertiary/aromatic N) is 1. The molecule has 1 aromatic rings. The molecular formula is C16H19F3N2O4. The van der Waals surface area contributed by atoms with Gasteiger partial charge in [0, 0.05) is 19.6 Å². The molecule has 1 aromatic carbocycles. The maximum Gasteiger partial charge on any atom is 0.490 e. The van der Waals surface area contributed by atoms with Gasteiger partial charge >= 0.3 is 12.1 Å². The number of aliphatic carboxylic acids is 1. The minimum atomic E-state index is -5.08. The molecule has 2 atom stereocenters. The van der Waals surface area contributed by atoms with E-state index in [2.05, 4.69) is 30.4 Å². The zero-order valence-electron chi connectivity index (χ0n) is 13.5. The third-order valence-corrected chi connectivity index (χ3v) is 3.95. The molecule has 0 aromatic heterocycles. The Labute approximate surface area is 142 Å². The number of carbonyl (C=O) groups excluding carboxylic acids is 1. The van der Waals surface area contributed by atoms with Crippen LogP contribution in [-0.2, 0) is 20.9 Å². The summed E-state index contributed by atoms with van der Waals surface area (Å²) >= 11 is 0. The van der Waals surface area contributed by atoms with Gasteiger partial charge < -0.3 is 20.1 Å². The number of hydrogen-bond donors (Lipinski definition) is 2. The Bertz CT molecular complexity index is 636. The molecule has 0 radical (unpaired) electrons. The summed E-state index contributed by atoms with van der Waals surface area (Å²) in [7, 11) is 0. The highest BCUT2D eigenvalue weighted by Crippen LogP contribution is 2.21. The van der Waals surface area contributed by atoms with Crippen molar-refractivity contribution in [1.29, 1.82) is 0 Å². The molecule has 1 amide bonds. The maximum atomic E-state index is 12.0. The number of halogens is 3. The molecule has 0 aliphatic carbocycles. The number of morpholine rings is 1. The summed E-state index contributed by atoms with van der Waals surface area (Å²) in [6, 6.07) is 8.52. The summed E-state index contributed by atoms with van der Waals surface area (Å²) < 4.78 is 37.3. The summed E-state index contributed by atoms with van der Waals surface area (Å²) in [4.78, 5) is 22.9. The van der Waals surface area contributed by atoms with Gasteiger partial charge in [-0.05, 0) is 12.5 Å². The summed E-state index contributed by atoms with van der Waals surface area (Å²) in [5, 5.41) is 10.4. The lowest BCUT2D eigenvalue weighted by atomic mass is 10.1. The van der Waals surface area contributed by atoms with Crippen molar-refractivity contribution < 1.29 is 32.6 Å². The Kier molecular flexibility index (Phi) is 6.02. The first-order valence-electron chi connectivity index (χ1n) is 7.66. The molecule has 0 bridgehead atoms. The van der Waals surface area contributed by atoms with E-state index in [1.165, 1.54) is 11.1 Å². The van der Waals surface area contributed by atoms with Crippen LogP contribution in [-0.4, -0.2) is 59.9 Å². The second kappa shape index (κ2) is 7.83. The van der Waals surface area contributed by atoms with Crippen LogP contribution in [0.4, 0.5) is 13.2 Å². The van der Waals surface area contributed by atoms with Crippen LogP contribution in [0.5, 0.6) is 0 Å². The van der Waals surface area contributed by atoms with Gasteiger partial charge in [-0.3, -0.25) is 4.79 Å². The molecule has 2 heterocycles. The van der Waals surface area contributed by atoms with Gasteiger partial charge in [0.15, 0.2) is 0 Å². The van der Waals surface area contributed by atoms with E-state index in [1.54, 1.807) is 0 Å². The van der Waals surface area contributed by atoms with Gasteiger partial charge in [-0.15, -0.1) is 0 Å². The highest BCUT2D eigenvalue weighted by atomic mass is 19.4. The highest BCUT2D eigenvalue weighted by molar-refractivity contribution is 5.78. The second-order valence-corrected chi connectivity index (χ2v) is 5.89. The van der Waals surface area contributed by atoms with Crippen molar-refractivity contribution in [1.82, 2.24) is 10.2 Å². The van der Waals surface area contributed by atoms with Gasteiger partial charge in [0.05, 0.1) is 12.1 Å². The van der Waals surface area contributed by atoms with Crippen LogP contribution in [0.25, 0.3) is 0 Å². The lowest BCUT2D eigenvalue weighted by Gasteiger charge is -2.36. The number of alkyl halides is 3. The lowest BCUT2D eigenvalue weighted by Crippen LogP contribution is -2.53. The molecule has 2 aliphatic rings.